The highest BCUT2D eigenvalue weighted by molar-refractivity contribution is 6.01. The lowest BCUT2D eigenvalue weighted by Gasteiger charge is -2.26. The molecule has 1 unspecified atom stereocenters. The number of amides is 2. The highest BCUT2D eigenvalue weighted by atomic mass is 16.2. The number of rotatable bonds is 10. The molecule has 0 spiro atoms. The average molecular weight is 460 g/mol. The molecule has 1 aliphatic rings. The van der Waals surface area contributed by atoms with E-state index in [2.05, 4.69) is 20.6 Å². The van der Waals surface area contributed by atoms with Gasteiger partial charge in [-0.05, 0) is 31.4 Å². The van der Waals surface area contributed by atoms with Crippen molar-refractivity contribution in [3.05, 3.63) is 72.2 Å². The molecule has 176 valence electrons. The lowest BCUT2D eigenvalue weighted by atomic mass is 9.89. The Bertz CT molecular complexity index is 1160. The van der Waals surface area contributed by atoms with Gasteiger partial charge in [-0.1, -0.05) is 61.4 Å². The zero-order chi connectivity index (χ0) is 23.9. The average Bonchev–Trinajstić information content (AvgIpc) is 3.33. The van der Waals surface area contributed by atoms with E-state index in [0.717, 1.165) is 48.3 Å². The molecule has 3 aromatic rings. The molecule has 0 radical (unpaired) electrons. The molecule has 2 amide bonds. The molecule has 2 heterocycles. The van der Waals surface area contributed by atoms with Crippen LogP contribution in [0.1, 0.15) is 68.8 Å². The number of para-hydroxylation sites is 1. The molecule has 0 fully saturated rings. The van der Waals surface area contributed by atoms with Gasteiger partial charge < -0.3 is 15.4 Å². The first-order chi connectivity index (χ1) is 16.5. The van der Waals surface area contributed by atoms with E-state index in [9.17, 15) is 14.4 Å². The molecule has 1 aliphatic heterocycles. The van der Waals surface area contributed by atoms with Crippen molar-refractivity contribution < 1.29 is 19.4 Å². The molecule has 0 saturated heterocycles. The topological polar surface area (TPSA) is 105 Å². The van der Waals surface area contributed by atoms with Crippen molar-refractivity contribution in [3.8, 4) is 11.3 Å². The first-order valence-electron chi connectivity index (χ1n) is 11.9. The van der Waals surface area contributed by atoms with E-state index < -0.39 is 5.92 Å². The van der Waals surface area contributed by atoms with E-state index >= 15 is 0 Å². The monoisotopic (exact) mass is 459 g/mol. The molecule has 2 aromatic carbocycles. The van der Waals surface area contributed by atoms with Gasteiger partial charge in [-0.3, -0.25) is 9.59 Å². The SMILES string of the molecule is CC(=O)CCCCC[C@H](NC(=O)C1CC(=O)Nc2ccccc21)c1[nH]c(-c2ccccc2)c[nH+]1. The van der Waals surface area contributed by atoms with Crippen LogP contribution in [0.2, 0.25) is 0 Å². The molecule has 7 heteroatoms. The number of aromatic amines is 2. The third-order valence-electron chi connectivity index (χ3n) is 6.23. The Labute approximate surface area is 199 Å². The van der Waals surface area contributed by atoms with Gasteiger partial charge >= 0.3 is 0 Å². The fourth-order valence-electron chi connectivity index (χ4n) is 4.43. The summed E-state index contributed by atoms with van der Waals surface area (Å²) in [5.74, 6) is 0.156. The van der Waals surface area contributed by atoms with Crippen LogP contribution in [0.15, 0.2) is 60.8 Å². The van der Waals surface area contributed by atoms with Crippen LogP contribution < -0.4 is 15.6 Å². The number of Topliss-reactive ketones (excluding diaryl/α,β-unsaturated/α-hetero) is 1. The maximum Gasteiger partial charge on any atom is 0.275 e. The van der Waals surface area contributed by atoms with Gasteiger partial charge in [0, 0.05) is 24.1 Å². The summed E-state index contributed by atoms with van der Waals surface area (Å²) in [6, 6.07) is 17.2. The van der Waals surface area contributed by atoms with Crippen LogP contribution in [-0.4, -0.2) is 22.6 Å². The van der Waals surface area contributed by atoms with Gasteiger partial charge in [0.2, 0.25) is 11.8 Å². The predicted molar refractivity (Wildman–Crippen MR) is 130 cm³/mol. The number of benzene rings is 2. The second-order valence-electron chi connectivity index (χ2n) is 8.86. The van der Waals surface area contributed by atoms with E-state index in [1.165, 1.54) is 0 Å². The second-order valence-corrected chi connectivity index (χ2v) is 8.86. The minimum Gasteiger partial charge on any atom is -0.341 e. The molecule has 7 nitrogen and oxygen atoms in total. The number of ketones is 1. The van der Waals surface area contributed by atoms with Gasteiger partial charge in [0.05, 0.1) is 5.92 Å². The molecule has 0 aliphatic carbocycles. The van der Waals surface area contributed by atoms with Crippen LogP contribution in [0, 0.1) is 0 Å². The molecule has 0 saturated carbocycles. The van der Waals surface area contributed by atoms with Crippen molar-refractivity contribution in [2.75, 3.05) is 5.32 Å². The van der Waals surface area contributed by atoms with Gasteiger partial charge in [0.25, 0.3) is 5.82 Å². The van der Waals surface area contributed by atoms with Gasteiger partial charge in [0.15, 0.2) is 5.69 Å². The van der Waals surface area contributed by atoms with E-state index in [4.69, 9.17) is 0 Å². The fourth-order valence-corrected chi connectivity index (χ4v) is 4.43. The van der Waals surface area contributed by atoms with Crippen LogP contribution in [0.5, 0.6) is 0 Å². The Morgan fingerprint density at radius 1 is 1.06 bits per heavy atom. The van der Waals surface area contributed by atoms with Crippen molar-refractivity contribution in [1.29, 1.82) is 0 Å². The first kappa shape index (κ1) is 23.4. The van der Waals surface area contributed by atoms with Crippen molar-refractivity contribution >= 4 is 23.3 Å². The Hall–Kier alpha value is -3.74. The minimum absolute atomic E-state index is 0.123. The number of unbranched alkanes of at least 4 members (excludes halogenated alkanes) is 2. The maximum absolute atomic E-state index is 13.4. The molecular weight excluding hydrogens is 428 g/mol. The summed E-state index contributed by atoms with van der Waals surface area (Å²) in [6.07, 6.45) is 5.95. The number of fused-ring (bicyclic) bond motifs is 1. The summed E-state index contributed by atoms with van der Waals surface area (Å²) < 4.78 is 0. The Morgan fingerprint density at radius 3 is 2.62 bits per heavy atom. The summed E-state index contributed by atoms with van der Waals surface area (Å²) in [5, 5.41) is 6.03. The number of carbonyl (C=O) groups is 3. The number of hydrogen-bond donors (Lipinski definition) is 3. The first-order valence-corrected chi connectivity index (χ1v) is 11.9. The maximum atomic E-state index is 13.4. The number of hydrogen-bond acceptors (Lipinski definition) is 3. The Kier molecular flexibility index (Phi) is 7.52. The number of carbonyl (C=O) groups excluding carboxylic acids is 3. The molecule has 1 aromatic heterocycles. The molecule has 2 atom stereocenters. The van der Waals surface area contributed by atoms with Crippen LogP contribution in [0.3, 0.4) is 0 Å². The number of nitrogens with one attached hydrogen (secondary N) is 4. The van der Waals surface area contributed by atoms with Crippen LogP contribution in [-0.2, 0) is 14.4 Å². The number of aromatic nitrogens is 2. The molecular formula is C27H31N4O3+. The fraction of sp³-hybridized carbons (Fsp3) is 0.333. The Morgan fingerprint density at radius 2 is 1.82 bits per heavy atom. The summed E-state index contributed by atoms with van der Waals surface area (Å²) in [7, 11) is 0. The molecule has 4 N–H and O–H groups in total. The standard InChI is InChI=1S/C27H30N4O3/c1-18(32)10-4-2-7-15-23(26-28-17-24(30-26)19-11-5-3-6-12-19)31-27(34)21-16-25(33)29-22-14-9-8-13-20(21)22/h3,5-6,8-9,11-14,17,21,23H,2,4,7,10,15-16H2,1H3,(H,28,30)(H,29,33)(H,31,34)/p+1/t21?,23-/m0/s1. The van der Waals surface area contributed by atoms with Gasteiger partial charge in [-0.25, -0.2) is 9.97 Å². The largest absolute Gasteiger partial charge is 0.341 e. The van der Waals surface area contributed by atoms with Gasteiger partial charge in [-0.2, -0.15) is 0 Å². The van der Waals surface area contributed by atoms with Crippen LogP contribution in [0.4, 0.5) is 5.69 Å². The smallest absolute Gasteiger partial charge is 0.275 e. The predicted octanol–water partition coefficient (Wildman–Crippen LogP) is 4.32. The summed E-state index contributed by atoms with van der Waals surface area (Å²) in [6.45, 7) is 1.61. The normalized spacial score (nSPS) is 15.8. The third-order valence-corrected chi connectivity index (χ3v) is 6.23. The molecule has 4 rings (SSSR count). The van der Waals surface area contributed by atoms with E-state index in [1.54, 1.807) is 6.92 Å². The van der Waals surface area contributed by atoms with Gasteiger partial charge in [0.1, 0.15) is 18.0 Å². The lowest BCUT2D eigenvalue weighted by Crippen LogP contribution is -2.38. The highest BCUT2D eigenvalue weighted by Crippen LogP contribution is 2.33. The summed E-state index contributed by atoms with van der Waals surface area (Å²) >= 11 is 0. The number of anilines is 1. The summed E-state index contributed by atoms with van der Waals surface area (Å²) in [5.41, 5.74) is 3.51. The third kappa shape index (κ3) is 5.78. The molecule has 0 bridgehead atoms. The van der Waals surface area contributed by atoms with Crippen LogP contribution >= 0.6 is 0 Å². The quantitative estimate of drug-likeness (QED) is 0.393. The zero-order valence-electron chi connectivity index (χ0n) is 19.4. The van der Waals surface area contributed by atoms with E-state index in [-0.39, 0.29) is 30.1 Å². The second kappa shape index (κ2) is 10.9. The molecule has 34 heavy (non-hydrogen) atoms. The van der Waals surface area contributed by atoms with Gasteiger partial charge in [-0.15, -0.1) is 0 Å². The Balaban J connectivity index is 1.51. The highest BCUT2D eigenvalue weighted by Gasteiger charge is 2.33. The van der Waals surface area contributed by atoms with E-state index in [0.29, 0.717) is 12.1 Å². The number of imidazole rings is 1. The zero-order valence-corrected chi connectivity index (χ0v) is 19.4. The minimum atomic E-state index is -0.534. The van der Waals surface area contributed by atoms with Crippen molar-refractivity contribution in [3.63, 3.8) is 0 Å². The van der Waals surface area contributed by atoms with Crippen molar-refractivity contribution in [2.45, 2.75) is 57.4 Å². The van der Waals surface area contributed by atoms with E-state index in [1.807, 2.05) is 60.8 Å². The lowest BCUT2D eigenvalue weighted by molar-refractivity contribution is -0.391. The van der Waals surface area contributed by atoms with Crippen LogP contribution in [0.25, 0.3) is 11.3 Å². The van der Waals surface area contributed by atoms with Crippen molar-refractivity contribution in [1.82, 2.24) is 10.3 Å². The number of H-pyrrole nitrogens is 2. The summed E-state index contributed by atoms with van der Waals surface area (Å²) in [4.78, 5) is 43.6. The van der Waals surface area contributed by atoms with Crippen molar-refractivity contribution in [2.24, 2.45) is 0 Å².